The van der Waals surface area contributed by atoms with Crippen molar-refractivity contribution in [2.45, 2.75) is 39.2 Å². The van der Waals surface area contributed by atoms with Crippen LogP contribution in [0.15, 0.2) is 24.3 Å². The second-order valence-corrected chi connectivity index (χ2v) is 4.98. The van der Waals surface area contributed by atoms with Gasteiger partial charge in [-0.3, -0.25) is 4.79 Å². The molecule has 0 saturated heterocycles. The number of carbonyl (C=O) groups is 1. The molecule has 4 nitrogen and oxygen atoms in total. The van der Waals surface area contributed by atoms with Gasteiger partial charge in [-0.15, -0.1) is 0 Å². The Morgan fingerprint density at radius 1 is 1.21 bits per heavy atom. The molecule has 19 heavy (non-hydrogen) atoms. The van der Waals surface area contributed by atoms with E-state index in [1.54, 1.807) is 12.1 Å². The van der Waals surface area contributed by atoms with Crippen LogP contribution in [0.2, 0.25) is 0 Å². The molecule has 1 rings (SSSR count). The highest BCUT2D eigenvalue weighted by Gasteiger charge is 2.01. The van der Waals surface area contributed by atoms with Crippen LogP contribution >= 0.6 is 0 Å². The van der Waals surface area contributed by atoms with Crippen molar-refractivity contribution in [3.05, 3.63) is 29.8 Å². The van der Waals surface area contributed by atoms with Crippen LogP contribution in [-0.2, 0) is 11.2 Å². The van der Waals surface area contributed by atoms with Gasteiger partial charge in [-0.25, -0.2) is 0 Å². The maximum absolute atomic E-state index is 11.6. The second kappa shape index (κ2) is 8.53. The predicted octanol–water partition coefficient (Wildman–Crippen LogP) is 1.83. The second-order valence-electron chi connectivity index (χ2n) is 4.98. The number of hydrogen-bond donors (Lipinski definition) is 3. The molecule has 0 radical (unpaired) electrons. The lowest BCUT2D eigenvalue weighted by Gasteiger charge is -2.08. The lowest BCUT2D eigenvalue weighted by Crippen LogP contribution is -2.28. The van der Waals surface area contributed by atoms with E-state index in [4.69, 9.17) is 5.11 Å². The number of benzene rings is 1. The smallest absolute Gasteiger partial charge is 0.220 e. The van der Waals surface area contributed by atoms with Crippen molar-refractivity contribution in [2.75, 3.05) is 13.1 Å². The first kappa shape index (κ1) is 15.5. The van der Waals surface area contributed by atoms with Gasteiger partial charge in [0.1, 0.15) is 5.75 Å². The number of amides is 1. The predicted molar refractivity (Wildman–Crippen MR) is 77.2 cm³/mol. The zero-order chi connectivity index (χ0) is 14.1. The number of carbonyl (C=O) groups excluding carboxylic acids is 1. The molecule has 1 aromatic carbocycles. The van der Waals surface area contributed by atoms with Crippen LogP contribution in [0, 0.1) is 0 Å². The van der Waals surface area contributed by atoms with E-state index in [0.29, 0.717) is 19.0 Å². The summed E-state index contributed by atoms with van der Waals surface area (Å²) in [5.74, 6) is 0.370. The Hall–Kier alpha value is -1.55. The number of hydrogen-bond acceptors (Lipinski definition) is 3. The topological polar surface area (TPSA) is 61.4 Å². The Kier molecular flexibility index (Phi) is 6.97. The van der Waals surface area contributed by atoms with Crippen LogP contribution in [0.3, 0.4) is 0 Å². The molecule has 0 unspecified atom stereocenters. The summed E-state index contributed by atoms with van der Waals surface area (Å²) in [6, 6.07) is 7.53. The van der Waals surface area contributed by atoms with Crippen molar-refractivity contribution in [1.29, 1.82) is 0 Å². The summed E-state index contributed by atoms with van der Waals surface area (Å²) in [6.45, 7) is 5.71. The SMILES string of the molecule is CC(C)NCCCC(=O)NCCc1ccc(O)cc1. The molecule has 0 aliphatic carbocycles. The zero-order valence-electron chi connectivity index (χ0n) is 11.8. The van der Waals surface area contributed by atoms with Crippen molar-refractivity contribution in [2.24, 2.45) is 0 Å². The summed E-state index contributed by atoms with van der Waals surface area (Å²) in [6.07, 6.45) is 2.22. The van der Waals surface area contributed by atoms with E-state index in [-0.39, 0.29) is 11.7 Å². The summed E-state index contributed by atoms with van der Waals surface area (Å²) in [7, 11) is 0. The van der Waals surface area contributed by atoms with E-state index >= 15 is 0 Å². The molecule has 0 aliphatic heterocycles. The molecule has 0 spiro atoms. The first-order chi connectivity index (χ1) is 9.08. The van der Waals surface area contributed by atoms with Gasteiger partial charge < -0.3 is 15.7 Å². The fraction of sp³-hybridized carbons (Fsp3) is 0.533. The van der Waals surface area contributed by atoms with Gasteiger partial charge in [0.05, 0.1) is 0 Å². The fourth-order valence-corrected chi connectivity index (χ4v) is 1.74. The Labute approximate surface area is 115 Å². The molecule has 0 atom stereocenters. The monoisotopic (exact) mass is 264 g/mol. The summed E-state index contributed by atoms with van der Waals surface area (Å²) in [5.41, 5.74) is 1.11. The van der Waals surface area contributed by atoms with Gasteiger partial charge in [0.25, 0.3) is 0 Å². The lowest BCUT2D eigenvalue weighted by atomic mass is 10.1. The molecule has 0 saturated carbocycles. The summed E-state index contributed by atoms with van der Waals surface area (Å²) < 4.78 is 0. The first-order valence-electron chi connectivity index (χ1n) is 6.86. The van der Waals surface area contributed by atoms with E-state index < -0.39 is 0 Å². The van der Waals surface area contributed by atoms with Gasteiger partial charge in [0.2, 0.25) is 5.91 Å². The summed E-state index contributed by atoms with van der Waals surface area (Å²) >= 11 is 0. The Bertz CT molecular complexity index is 374. The number of phenolic OH excluding ortho intramolecular Hbond substituents is 1. The maximum atomic E-state index is 11.6. The molecule has 0 aromatic heterocycles. The van der Waals surface area contributed by atoms with Crippen molar-refractivity contribution in [3.63, 3.8) is 0 Å². The van der Waals surface area contributed by atoms with Crippen LogP contribution < -0.4 is 10.6 Å². The van der Waals surface area contributed by atoms with Gasteiger partial charge >= 0.3 is 0 Å². The van der Waals surface area contributed by atoms with Crippen LogP contribution in [0.1, 0.15) is 32.3 Å². The van der Waals surface area contributed by atoms with Crippen LogP contribution in [0.25, 0.3) is 0 Å². The lowest BCUT2D eigenvalue weighted by molar-refractivity contribution is -0.121. The highest BCUT2D eigenvalue weighted by molar-refractivity contribution is 5.75. The van der Waals surface area contributed by atoms with Crippen molar-refractivity contribution >= 4 is 5.91 Å². The third-order valence-corrected chi connectivity index (χ3v) is 2.81. The van der Waals surface area contributed by atoms with E-state index in [2.05, 4.69) is 24.5 Å². The zero-order valence-corrected chi connectivity index (χ0v) is 11.8. The van der Waals surface area contributed by atoms with Crippen LogP contribution in [-0.4, -0.2) is 30.1 Å². The van der Waals surface area contributed by atoms with Crippen molar-refractivity contribution in [1.82, 2.24) is 10.6 Å². The largest absolute Gasteiger partial charge is 0.508 e. The minimum Gasteiger partial charge on any atom is -0.508 e. The molecule has 1 amide bonds. The first-order valence-corrected chi connectivity index (χ1v) is 6.86. The van der Waals surface area contributed by atoms with Crippen LogP contribution in [0.4, 0.5) is 0 Å². The fourth-order valence-electron chi connectivity index (χ4n) is 1.74. The van der Waals surface area contributed by atoms with Gasteiger partial charge in [-0.05, 0) is 37.1 Å². The minimum absolute atomic E-state index is 0.101. The standard InChI is InChI=1S/C15H24N2O2/c1-12(2)16-10-3-4-15(19)17-11-9-13-5-7-14(18)8-6-13/h5-8,12,16,18H,3-4,9-11H2,1-2H3,(H,17,19). The summed E-state index contributed by atoms with van der Waals surface area (Å²) in [5, 5.41) is 15.3. The molecule has 106 valence electrons. The molecule has 0 aliphatic rings. The molecular formula is C15H24N2O2. The molecule has 0 heterocycles. The number of aromatic hydroxyl groups is 1. The van der Waals surface area contributed by atoms with Gasteiger partial charge in [-0.1, -0.05) is 26.0 Å². The molecule has 3 N–H and O–H groups in total. The molecule has 0 fully saturated rings. The average molecular weight is 264 g/mol. The Balaban J connectivity index is 2.08. The molecular weight excluding hydrogens is 240 g/mol. The van der Waals surface area contributed by atoms with Crippen molar-refractivity contribution in [3.8, 4) is 5.75 Å². The van der Waals surface area contributed by atoms with Crippen molar-refractivity contribution < 1.29 is 9.90 Å². The summed E-state index contributed by atoms with van der Waals surface area (Å²) in [4.78, 5) is 11.6. The number of nitrogens with one attached hydrogen (secondary N) is 2. The highest BCUT2D eigenvalue weighted by Crippen LogP contribution is 2.09. The van der Waals surface area contributed by atoms with Gasteiger partial charge in [0.15, 0.2) is 0 Å². The number of rotatable bonds is 8. The average Bonchev–Trinajstić information content (AvgIpc) is 2.37. The van der Waals surface area contributed by atoms with Gasteiger partial charge in [-0.2, -0.15) is 0 Å². The Morgan fingerprint density at radius 2 is 1.89 bits per heavy atom. The molecule has 4 heteroatoms. The third-order valence-electron chi connectivity index (χ3n) is 2.81. The Morgan fingerprint density at radius 3 is 2.53 bits per heavy atom. The third kappa shape index (κ3) is 7.47. The van der Waals surface area contributed by atoms with E-state index in [1.807, 2.05) is 12.1 Å². The normalized spacial score (nSPS) is 10.7. The quantitative estimate of drug-likeness (QED) is 0.628. The molecule has 1 aromatic rings. The molecule has 0 bridgehead atoms. The van der Waals surface area contributed by atoms with Crippen LogP contribution in [0.5, 0.6) is 5.75 Å². The minimum atomic E-state index is 0.101. The maximum Gasteiger partial charge on any atom is 0.220 e. The van der Waals surface area contributed by atoms with E-state index in [9.17, 15) is 4.79 Å². The number of phenols is 1. The van der Waals surface area contributed by atoms with E-state index in [1.165, 1.54) is 0 Å². The highest BCUT2D eigenvalue weighted by atomic mass is 16.3. The van der Waals surface area contributed by atoms with E-state index in [0.717, 1.165) is 24.9 Å². The van der Waals surface area contributed by atoms with Gasteiger partial charge in [0, 0.05) is 19.0 Å².